The van der Waals surface area contributed by atoms with Crippen molar-refractivity contribution in [1.82, 2.24) is 5.32 Å². The lowest BCUT2D eigenvalue weighted by Crippen LogP contribution is -2.60. The molecule has 1 saturated heterocycles. The molecule has 8 N–H and O–H groups in total. The molecule has 0 spiro atoms. The van der Waals surface area contributed by atoms with Gasteiger partial charge in [0.05, 0.1) is 25.4 Å². The van der Waals surface area contributed by atoms with Gasteiger partial charge in [-0.25, -0.2) is 0 Å². The van der Waals surface area contributed by atoms with E-state index >= 15 is 0 Å². The van der Waals surface area contributed by atoms with Gasteiger partial charge in [0.1, 0.15) is 36.6 Å². The van der Waals surface area contributed by atoms with Crippen molar-refractivity contribution < 1.29 is 50.0 Å². The van der Waals surface area contributed by atoms with Crippen LogP contribution in [0.25, 0.3) is 0 Å². The number of ether oxygens (including phenoxy) is 2. The van der Waals surface area contributed by atoms with E-state index in [4.69, 9.17) is 9.47 Å². The number of carbonyl (C=O) groups excluding carboxylic acids is 1. The zero-order valence-electron chi connectivity index (χ0n) is 51.4. The smallest absolute Gasteiger partial charge is 0.249 e. The second-order valence-corrected chi connectivity index (χ2v) is 24.6. The Morgan fingerprint density at radius 1 is 0.397 bits per heavy atom. The third-order valence-electron chi connectivity index (χ3n) is 17.2. The minimum Gasteiger partial charge on any atom is -0.394 e. The molecule has 11 nitrogen and oxygen atoms in total. The van der Waals surface area contributed by atoms with Crippen molar-refractivity contribution in [2.75, 3.05) is 13.2 Å². The lowest BCUT2D eigenvalue weighted by Gasteiger charge is -2.40. The van der Waals surface area contributed by atoms with Crippen molar-refractivity contribution in [3.05, 3.63) is 0 Å². The molecule has 1 aliphatic heterocycles. The Kier molecular flexibility index (Phi) is 54.5. The predicted molar refractivity (Wildman–Crippen MR) is 326 cm³/mol. The molecule has 0 aromatic rings. The third-order valence-corrected chi connectivity index (χ3v) is 17.2. The fourth-order valence-corrected chi connectivity index (χ4v) is 11.6. The van der Waals surface area contributed by atoms with E-state index in [-0.39, 0.29) is 6.42 Å². The van der Waals surface area contributed by atoms with Crippen LogP contribution in [-0.2, 0) is 14.3 Å². The first kappa shape index (κ1) is 75.1. The highest BCUT2D eigenvalue weighted by atomic mass is 16.7. The molecule has 1 aliphatic rings. The molecule has 1 rings (SSSR count). The first-order chi connectivity index (χ1) is 38.2. The van der Waals surface area contributed by atoms with Crippen LogP contribution in [0.2, 0.25) is 0 Å². The van der Waals surface area contributed by atoms with Gasteiger partial charge in [0.15, 0.2) is 6.29 Å². The van der Waals surface area contributed by atoms with E-state index in [0.717, 1.165) is 38.5 Å². The largest absolute Gasteiger partial charge is 0.394 e. The molecule has 0 aromatic heterocycles. The summed E-state index contributed by atoms with van der Waals surface area (Å²) in [5.41, 5.74) is 0. The molecule has 9 unspecified atom stereocenters. The second kappa shape index (κ2) is 56.6. The van der Waals surface area contributed by atoms with Gasteiger partial charge in [-0.1, -0.05) is 341 Å². The maximum atomic E-state index is 13.2. The molecule has 9 atom stereocenters. The Balaban J connectivity index is 2.14. The average Bonchev–Trinajstić information content (AvgIpc) is 3.45. The molecule has 1 fully saturated rings. The summed E-state index contributed by atoms with van der Waals surface area (Å²) in [4.78, 5) is 13.2. The minimum atomic E-state index is -1.66. The molecule has 0 saturated carbocycles. The number of carbonyl (C=O) groups is 1. The molecule has 11 heteroatoms. The lowest BCUT2D eigenvalue weighted by molar-refractivity contribution is -0.303. The first-order valence-corrected chi connectivity index (χ1v) is 34.4. The van der Waals surface area contributed by atoms with E-state index in [1.54, 1.807) is 0 Å². The van der Waals surface area contributed by atoms with Gasteiger partial charge in [-0.2, -0.15) is 0 Å². The number of amides is 1. The van der Waals surface area contributed by atoms with Crippen LogP contribution < -0.4 is 5.32 Å². The van der Waals surface area contributed by atoms with Gasteiger partial charge < -0.3 is 50.5 Å². The zero-order chi connectivity index (χ0) is 56.8. The number of hydrogen-bond donors (Lipinski definition) is 8. The molecule has 78 heavy (non-hydrogen) atoms. The SMILES string of the molecule is CCCCCCCCCCCCCCCCCCCCCCCCCCCCCCCCCCCCC(O)C(=O)NC(COC1OC(CO)C(O)C(O)C1O)C(O)C(O)CCCCCCCCCCCCCCCCCCC. The van der Waals surface area contributed by atoms with Crippen LogP contribution in [0.4, 0.5) is 0 Å². The normalized spacial score (nSPS) is 19.3. The summed E-state index contributed by atoms with van der Waals surface area (Å²) in [5.74, 6) is -0.688. The number of aliphatic hydroxyl groups excluding tert-OH is 7. The number of aliphatic hydroxyl groups is 7. The summed E-state index contributed by atoms with van der Waals surface area (Å²) in [6.45, 7) is 3.51. The van der Waals surface area contributed by atoms with Gasteiger partial charge in [0.25, 0.3) is 0 Å². The maximum absolute atomic E-state index is 13.2. The fourth-order valence-electron chi connectivity index (χ4n) is 11.6. The summed E-state index contributed by atoms with van der Waals surface area (Å²) in [6.07, 6.45) is 56.2. The minimum absolute atomic E-state index is 0.267. The van der Waals surface area contributed by atoms with Gasteiger partial charge in [0, 0.05) is 0 Å². The molecular formula is C67H133NO10. The summed E-state index contributed by atoms with van der Waals surface area (Å²) >= 11 is 0. The van der Waals surface area contributed by atoms with Crippen molar-refractivity contribution in [3.8, 4) is 0 Å². The molecular weight excluding hydrogens is 979 g/mol. The van der Waals surface area contributed by atoms with Gasteiger partial charge in [-0.3, -0.25) is 4.79 Å². The van der Waals surface area contributed by atoms with Crippen LogP contribution in [-0.4, -0.2) is 110 Å². The van der Waals surface area contributed by atoms with Gasteiger partial charge in [-0.15, -0.1) is 0 Å². The van der Waals surface area contributed by atoms with Gasteiger partial charge in [0.2, 0.25) is 5.91 Å². The third kappa shape index (κ3) is 43.7. The highest BCUT2D eigenvalue weighted by Crippen LogP contribution is 2.24. The van der Waals surface area contributed by atoms with Crippen molar-refractivity contribution in [3.63, 3.8) is 0 Å². The van der Waals surface area contributed by atoms with E-state index in [1.165, 1.54) is 276 Å². The summed E-state index contributed by atoms with van der Waals surface area (Å²) in [6, 6.07) is -1.16. The second-order valence-electron chi connectivity index (χ2n) is 24.6. The molecule has 0 aliphatic carbocycles. The first-order valence-electron chi connectivity index (χ1n) is 34.4. The highest BCUT2D eigenvalue weighted by Gasteiger charge is 2.44. The number of nitrogens with one attached hydrogen (secondary N) is 1. The van der Waals surface area contributed by atoms with E-state index < -0.39 is 74.2 Å². The highest BCUT2D eigenvalue weighted by molar-refractivity contribution is 5.80. The maximum Gasteiger partial charge on any atom is 0.249 e. The van der Waals surface area contributed by atoms with Crippen LogP contribution in [0.1, 0.15) is 354 Å². The predicted octanol–water partition coefficient (Wildman–Crippen LogP) is 16.1. The van der Waals surface area contributed by atoms with Crippen LogP contribution in [0.15, 0.2) is 0 Å². The summed E-state index contributed by atoms with van der Waals surface area (Å²) < 4.78 is 11.2. The van der Waals surface area contributed by atoms with Gasteiger partial charge >= 0.3 is 0 Å². The molecule has 1 heterocycles. The van der Waals surface area contributed by atoms with Crippen molar-refractivity contribution in [2.24, 2.45) is 0 Å². The van der Waals surface area contributed by atoms with E-state index in [0.29, 0.717) is 19.3 Å². The molecule has 1 amide bonds. The van der Waals surface area contributed by atoms with Crippen LogP contribution in [0.5, 0.6) is 0 Å². The van der Waals surface area contributed by atoms with E-state index in [1.807, 2.05) is 0 Å². The quantitative estimate of drug-likeness (QED) is 0.0272. The van der Waals surface area contributed by atoms with Gasteiger partial charge in [-0.05, 0) is 12.8 Å². The Morgan fingerprint density at radius 2 is 0.667 bits per heavy atom. The Labute approximate surface area is 481 Å². The lowest BCUT2D eigenvalue weighted by atomic mass is 9.98. The Bertz CT molecular complexity index is 1230. The molecule has 0 aromatic carbocycles. The van der Waals surface area contributed by atoms with Crippen molar-refractivity contribution >= 4 is 5.91 Å². The van der Waals surface area contributed by atoms with E-state index in [2.05, 4.69) is 19.2 Å². The van der Waals surface area contributed by atoms with Crippen LogP contribution in [0.3, 0.4) is 0 Å². The monoisotopic (exact) mass is 1110 g/mol. The molecule has 0 bridgehead atoms. The number of hydrogen-bond acceptors (Lipinski definition) is 10. The summed E-state index contributed by atoms with van der Waals surface area (Å²) in [5, 5.41) is 76.4. The van der Waals surface area contributed by atoms with Crippen LogP contribution in [0, 0.1) is 0 Å². The standard InChI is InChI=1S/C67H133NO10/c1-3-5-7-9-11-13-15-17-19-21-22-23-24-25-26-27-28-29-30-31-32-33-34-35-36-37-39-41-43-45-47-49-51-53-55-60(71)66(76)68-58(57-77-67-65(75)64(74)63(73)61(56-69)78-67)62(72)59(70)54-52-50-48-46-44-42-40-38-20-18-16-14-12-10-8-6-4-2/h58-65,67,69-75H,3-57H2,1-2H3,(H,68,76). The Hall–Kier alpha value is -0.890. The topological polar surface area (TPSA) is 189 Å². The van der Waals surface area contributed by atoms with Crippen molar-refractivity contribution in [2.45, 2.75) is 409 Å². The molecule has 0 radical (unpaired) electrons. The number of rotatable bonds is 61. The van der Waals surface area contributed by atoms with Crippen molar-refractivity contribution in [1.29, 1.82) is 0 Å². The fraction of sp³-hybridized carbons (Fsp3) is 0.985. The zero-order valence-corrected chi connectivity index (χ0v) is 51.4. The Morgan fingerprint density at radius 3 is 0.949 bits per heavy atom. The summed E-state index contributed by atoms with van der Waals surface area (Å²) in [7, 11) is 0. The number of unbranched alkanes of at least 4 members (excludes halogenated alkanes) is 49. The van der Waals surface area contributed by atoms with Crippen LogP contribution >= 0.6 is 0 Å². The average molecular weight is 1110 g/mol. The van der Waals surface area contributed by atoms with E-state index in [9.17, 15) is 40.5 Å². The molecule has 466 valence electrons.